The summed E-state index contributed by atoms with van der Waals surface area (Å²) in [5.74, 6) is -1.41. The smallest absolute Gasteiger partial charge is 0.393 e. The first-order valence-corrected chi connectivity index (χ1v) is 15.6. The Balaban J connectivity index is 1.57. The van der Waals surface area contributed by atoms with E-state index in [2.05, 4.69) is 11.1 Å². The van der Waals surface area contributed by atoms with Gasteiger partial charge in [0.15, 0.2) is 0 Å². The van der Waals surface area contributed by atoms with Crippen LogP contribution in [0, 0.1) is 40.4 Å². The largest absolute Gasteiger partial charge is 0.397 e. The third-order valence-electron chi connectivity index (χ3n) is 11.7. The van der Waals surface area contributed by atoms with Crippen LogP contribution in [0.15, 0.2) is 12.2 Å². The summed E-state index contributed by atoms with van der Waals surface area (Å²) in [4.78, 5) is 0. The van der Waals surface area contributed by atoms with Crippen LogP contribution in [-0.2, 0) is 14.6 Å². The number of hydrogen-bond donors (Lipinski definition) is 7. The second-order valence-electron chi connectivity index (χ2n) is 14.0. The van der Waals surface area contributed by atoms with Gasteiger partial charge in [0, 0.05) is 30.1 Å². The van der Waals surface area contributed by atoms with Gasteiger partial charge in [0.25, 0.3) is 0 Å². The molecule has 39 heavy (non-hydrogen) atoms. The van der Waals surface area contributed by atoms with Gasteiger partial charge in [-0.15, -0.1) is 0 Å². The number of aliphatic hydroxyl groups is 6. The van der Waals surface area contributed by atoms with Gasteiger partial charge in [0.1, 0.15) is 0 Å². The molecule has 0 aliphatic heterocycles. The lowest BCUT2D eigenvalue weighted by atomic mass is 9.40. The summed E-state index contributed by atoms with van der Waals surface area (Å²) >= 11 is 0. The lowest BCUT2D eigenvalue weighted by Gasteiger charge is -2.68. The van der Waals surface area contributed by atoms with E-state index >= 15 is 0 Å². The normalized spacial score (nSPS) is 49.5. The van der Waals surface area contributed by atoms with Gasteiger partial charge in [0.2, 0.25) is 0 Å². The average molecular weight is 577 g/mol. The molecule has 13 atom stereocenters. The Morgan fingerprint density at radius 1 is 1.05 bits per heavy atom. The molecule has 226 valence electrons. The molecule has 0 radical (unpaired) electrons. The highest BCUT2D eigenvalue weighted by atomic mass is 32.3. The Kier molecular flexibility index (Phi) is 8.01. The minimum Gasteiger partial charge on any atom is -0.393 e. The topological polar surface area (TPSA) is 185 Å². The molecule has 0 bridgehead atoms. The number of aliphatic hydroxyl groups excluding tert-OH is 3. The van der Waals surface area contributed by atoms with Crippen LogP contribution >= 0.6 is 0 Å². The van der Waals surface area contributed by atoms with E-state index in [1.807, 2.05) is 19.9 Å². The Morgan fingerprint density at radius 2 is 1.69 bits per heavy atom. The highest BCUT2D eigenvalue weighted by Crippen LogP contribution is 2.70. The molecule has 4 aliphatic rings. The molecule has 4 aliphatic carbocycles. The van der Waals surface area contributed by atoms with Crippen molar-refractivity contribution in [2.75, 3.05) is 6.61 Å². The van der Waals surface area contributed by atoms with Crippen LogP contribution in [0.5, 0.6) is 0 Å². The summed E-state index contributed by atoms with van der Waals surface area (Å²) in [6.07, 6.45) is 3.78. The zero-order valence-corrected chi connectivity index (χ0v) is 24.5. The molecule has 4 saturated carbocycles. The first-order valence-electron chi connectivity index (χ1n) is 14.2. The molecule has 0 spiro atoms. The van der Waals surface area contributed by atoms with Gasteiger partial charge in [0.05, 0.1) is 41.7 Å². The summed E-state index contributed by atoms with van der Waals surface area (Å²) in [7, 11) is -4.68. The van der Waals surface area contributed by atoms with Crippen molar-refractivity contribution in [1.29, 1.82) is 0 Å². The first kappa shape index (κ1) is 31.3. The number of rotatable bonds is 7. The van der Waals surface area contributed by atoms with Crippen molar-refractivity contribution in [2.24, 2.45) is 40.4 Å². The van der Waals surface area contributed by atoms with Gasteiger partial charge in [-0.25, -0.2) is 4.18 Å². The highest BCUT2D eigenvalue weighted by molar-refractivity contribution is 7.80. The second-order valence-corrected chi connectivity index (χ2v) is 15.1. The maximum absolute atomic E-state index is 12.4. The van der Waals surface area contributed by atoms with E-state index in [1.54, 1.807) is 13.0 Å². The van der Waals surface area contributed by atoms with Gasteiger partial charge in [-0.2, -0.15) is 8.42 Å². The third-order valence-corrected chi connectivity index (χ3v) is 12.2. The van der Waals surface area contributed by atoms with Crippen LogP contribution in [0.3, 0.4) is 0 Å². The van der Waals surface area contributed by atoms with Crippen molar-refractivity contribution in [1.82, 2.24) is 0 Å². The molecule has 7 N–H and O–H groups in total. The molecular weight excluding hydrogens is 528 g/mol. The molecule has 0 unspecified atom stereocenters. The van der Waals surface area contributed by atoms with E-state index < -0.39 is 74.8 Å². The van der Waals surface area contributed by atoms with E-state index in [0.29, 0.717) is 25.7 Å². The zero-order valence-electron chi connectivity index (χ0n) is 23.7. The maximum atomic E-state index is 12.4. The van der Waals surface area contributed by atoms with E-state index in [0.717, 1.165) is 6.42 Å². The molecule has 0 amide bonds. The number of allylic oxidation sites excluding steroid dienone is 1. The van der Waals surface area contributed by atoms with E-state index in [-0.39, 0.29) is 30.6 Å². The van der Waals surface area contributed by atoms with Crippen LogP contribution in [0.4, 0.5) is 0 Å². The predicted octanol–water partition coefficient (Wildman–Crippen LogP) is 1.58. The van der Waals surface area contributed by atoms with Gasteiger partial charge >= 0.3 is 10.4 Å². The molecule has 11 heteroatoms. The summed E-state index contributed by atoms with van der Waals surface area (Å²) < 4.78 is 35.1. The first-order chi connectivity index (χ1) is 17.7. The maximum Gasteiger partial charge on any atom is 0.397 e. The lowest BCUT2D eigenvalue weighted by molar-refractivity contribution is -0.315. The summed E-state index contributed by atoms with van der Waals surface area (Å²) in [6, 6.07) is 0. The Bertz CT molecular complexity index is 1060. The van der Waals surface area contributed by atoms with Gasteiger partial charge in [-0.3, -0.25) is 4.55 Å². The summed E-state index contributed by atoms with van der Waals surface area (Å²) in [5.41, 5.74) is -5.68. The third kappa shape index (κ3) is 5.03. The SMILES string of the molecule is C[C@H](/C=C/[C@H](C)[C@@](C)(O)COS(=O)(=O)O)[C@H]1C[C@H](O)[C@@H]2[C@]1(C)CC[C@H]1[C@@]2(O)C[C@@H](O)[C@@]2(O)C[C@@H](O)CC[C@]12C. The minimum absolute atomic E-state index is 0.0103. The predicted molar refractivity (Wildman–Crippen MR) is 143 cm³/mol. The molecular formula is C28H48O10S. The summed E-state index contributed by atoms with van der Waals surface area (Å²) in [5, 5.41) is 67.7. The molecule has 0 aromatic rings. The Hall–Kier alpha value is -0.630. The van der Waals surface area contributed by atoms with Crippen molar-refractivity contribution in [2.45, 2.75) is 115 Å². The van der Waals surface area contributed by atoms with Gasteiger partial charge in [-0.05, 0) is 62.2 Å². The van der Waals surface area contributed by atoms with E-state index in [9.17, 15) is 39.1 Å². The molecule has 0 aromatic carbocycles. The number of hydrogen-bond acceptors (Lipinski definition) is 9. The van der Waals surface area contributed by atoms with Gasteiger partial charge < -0.3 is 30.6 Å². The van der Waals surface area contributed by atoms with Crippen molar-refractivity contribution >= 4 is 10.4 Å². The minimum atomic E-state index is -4.68. The quantitative estimate of drug-likeness (QED) is 0.173. The fourth-order valence-electron chi connectivity index (χ4n) is 9.31. The fraction of sp³-hybridized carbons (Fsp3) is 0.929. The van der Waals surface area contributed by atoms with Crippen LogP contribution in [-0.4, -0.2) is 85.3 Å². The van der Waals surface area contributed by atoms with Crippen LogP contribution in [0.1, 0.15) is 79.6 Å². The zero-order chi connectivity index (χ0) is 29.4. The van der Waals surface area contributed by atoms with Crippen molar-refractivity contribution in [3.63, 3.8) is 0 Å². The van der Waals surface area contributed by atoms with Crippen molar-refractivity contribution in [3.8, 4) is 0 Å². The molecule has 4 fully saturated rings. The highest BCUT2D eigenvalue weighted by Gasteiger charge is 2.74. The van der Waals surface area contributed by atoms with Crippen LogP contribution in [0.25, 0.3) is 0 Å². The summed E-state index contributed by atoms with van der Waals surface area (Å²) in [6.45, 7) is 8.56. The number of fused-ring (bicyclic) bond motifs is 5. The van der Waals surface area contributed by atoms with Crippen LogP contribution in [0.2, 0.25) is 0 Å². The van der Waals surface area contributed by atoms with Crippen LogP contribution < -0.4 is 0 Å². The Morgan fingerprint density at radius 3 is 2.31 bits per heavy atom. The molecule has 0 aromatic heterocycles. The molecule has 0 saturated heterocycles. The van der Waals surface area contributed by atoms with Gasteiger partial charge in [-0.1, -0.05) is 39.8 Å². The monoisotopic (exact) mass is 576 g/mol. The molecule has 10 nitrogen and oxygen atoms in total. The van der Waals surface area contributed by atoms with Crippen molar-refractivity contribution in [3.05, 3.63) is 12.2 Å². The lowest BCUT2D eigenvalue weighted by Crippen LogP contribution is -2.75. The second kappa shape index (κ2) is 9.98. The average Bonchev–Trinajstić information content (AvgIpc) is 3.09. The Labute approximate surface area is 232 Å². The fourth-order valence-corrected chi connectivity index (χ4v) is 9.70. The standard InChI is InChI=1S/C28H48O10S/c1-16(6-7-17(2)26(5,32)15-38-39(35,36)37)19-12-20(30)23-24(19,3)10-9-21-25(4)11-8-18(29)13-28(25,34)22(31)14-27(21,23)33/h6-7,16-23,29-34H,8-15H2,1-5H3,(H,35,36,37)/b7-6+/t16-,17+,18+,19-,20+,21-,22-,23-,24-,25-,26+,27+,28+/m1/s1. The van der Waals surface area contributed by atoms with E-state index in [4.69, 9.17) is 4.55 Å². The molecule has 0 heterocycles. The van der Waals surface area contributed by atoms with Crippen molar-refractivity contribution < 1.29 is 47.8 Å². The molecule has 4 rings (SSSR count). The van der Waals surface area contributed by atoms with E-state index in [1.165, 1.54) is 6.92 Å².